The van der Waals surface area contributed by atoms with Crippen molar-refractivity contribution in [3.8, 4) is 0 Å². The molecule has 1 aromatic rings. The van der Waals surface area contributed by atoms with Crippen molar-refractivity contribution in [3.63, 3.8) is 0 Å². The zero-order valence-corrected chi connectivity index (χ0v) is 11.2. The summed E-state index contributed by atoms with van der Waals surface area (Å²) in [6.45, 7) is 3.08. The second-order valence-electron chi connectivity index (χ2n) is 4.21. The monoisotopic (exact) mass is 274 g/mol. The van der Waals surface area contributed by atoms with E-state index in [-0.39, 0.29) is 18.3 Å². The van der Waals surface area contributed by atoms with Gasteiger partial charge in [0.1, 0.15) is 0 Å². The molecule has 5 heteroatoms. The number of fused-ring (bicyclic) bond motifs is 1. The summed E-state index contributed by atoms with van der Waals surface area (Å²) in [7, 11) is 0. The summed E-state index contributed by atoms with van der Waals surface area (Å²) < 4.78 is 0. The molecule has 3 nitrogen and oxygen atoms in total. The number of hydrogen-bond acceptors (Lipinski definition) is 2. The predicted octanol–water partition coefficient (Wildman–Crippen LogP) is 1.99. The standard InChI is InChI=1S/C12H15ClN2O.ClH/c1-8(14)12(16)15-5-4-9-2-3-11(13)6-10(9)7-15;/h2-3,6,8H,4-5,7,14H2,1H3;1H. The molecular weight excluding hydrogens is 259 g/mol. The van der Waals surface area contributed by atoms with Crippen LogP contribution >= 0.6 is 24.0 Å². The Morgan fingerprint density at radius 3 is 2.82 bits per heavy atom. The van der Waals surface area contributed by atoms with E-state index in [9.17, 15) is 4.79 Å². The summed E-state index contributed by atoms with van der Waals surface area (Å²) in [6.07, 6.45) is 0.880. The lowest BCUT2D eigenvalue weighted by Crippen LogP contribution is -2.44. The Morgan fingerprint density at radius 2 is 2.18 bits per heavy atom. The van der Waals surface area contributed by atoms with E-state index in [0.717, 1.165) is 18.5 Å². The molecular formula is C12H16Cl2N2O. The van der Waals surface area contributed by atoms with Gasteiger partial charge in [-0.2, -0.15) is 0 Å². The van der Waals surface area contributed by atoms with Crippen molar-refractivity contribution < 1.29 is 4.79 Å². The first-order valence-corrected chi connectivity index (χ1v) is 5.77. The predicted molar refractivity (Wildman–Crippen MR) is 71.5 cm³/mol. The summed E-state index contributed by atoms with van der Waals surface area (Å²) in [5, 5.41) is 0.717. The molecule has 94 valence electrons. The molecule has 0 aliphatic carbocycles. The zero-order chi connectivity index (χ0) is 11.7. The molecule has 2 rings (SSSR count). The van der Waals surface area contributed by atoms with Gasteiger partial charge in [-0.3, -0.25) is 4.79 Å². The van der Waals surface area contributed by atoms with Crippen LogP contribution < -0.4 is 5.73 Å². The molecule has 2 N–H and O–H groups in total. The van der Waals surface area contributed by atoms with Gasteiger partial charge in [-0.1, -0.05) is 17.7 Å². The van der Waals surface area contributed by atoms with Gasteiger partial charge in [0, 0.05) is 18.1 Å². The Kier molecular flexibility index (Phi) is 4.80. The third-order valence-electron chi connectivity index (χ3n) is 2.88. The van der Waals surface area contributed by atoms with Crippen molar-refractivity contribution in [1.82, 2.24) is 4.90 Å². The van der Waals surface area contributed by atoms with Crippen LogP contribution in [0.2, 0.25) is 5.02 Å². The normalized spacial score (nSPS) is 15.8. The highest BCUT2D eigenvalue weighted by Crippen LogP contribution is 2.22. The number of carbonyl (C=O) groups excluding carboxylic acids is 1. The number of rotatable bonds is 1. The summed E-state index contributed by atoms with van der Waals surface area (Å²) in [5.41, 5.74) is 8.01. The summed E-state index contributed by atoms with van der Waals surface area (Å²) in [6, 6.07) is 5.42. The van der Waals surface area contributed by atoms with Gasteiger partial charge in [0.15, 0.2) is 0 Å². The molecule has 1 aliphatic heterocycles. The van der Waals surface area contributed by atoms with Crippen LogP contribution in [0.1, 0.15) is 18.1 Å². The summed E-state index contributed by atoms with van der Waals surface area (Å²) in [4.78, 5) is 13.6. The lowest BCUT2D eigenvalue weighted by Gasteiger charge is -2.30. The molecule has 1 atom stereocenters. The maximum atomic E-state index is 11.8. The average Bonchev–Trinajstić information content (AvgIpc) is 2.26. The van der Waals surface area contributed by atoms with E-state index in [4.69, 9.17) is 17.3 Å². The van der Waals surface area contributed by atoms with Crippen molar-refractivity contribution in [2.75, 3.05) is 6.54 Å². The van der Waals surface area contributed by atoms with E-state index in [1.165, 1.54) is 5.56 Å². The first kappa shape index (κ1) is 14.3. The molecule has 0 radical (unpaired) electrons. The van der Waals surface area contributed by atoms with Gasteiger partial charge >= 0.3 is 0 Å². The van der Waals surface area contributed by atoms with E-state index < -0.39 is 6.04 Å². The van der Waals surface area contributed by atoms with E-state index in [1.54, 1.807) is 11.8 Å². The fourth-order valence-electron chi connectivity index (χ4n) is 2.00. The smallest absolute Gasteiger partial charge is 0.239 e. The molecule has 0 saturated carbocycles. The van der Waals surface area contributed by atoms with Gasteiger partial charge in [0.05, 0.1) is 6.04 Å². The van der Waals surface area contributed by atoms with Crippen molar-refractivity contribution in [1.29, 1.82) is 0 Å². The molecule has 0 spiro atoms. The minimum atomic E-state index is -0.430. The highest BCUT2D eigenvalue weighted by Gasteiger charge is 2.22. The van der Waals surface area contributed by atoms with Gasteiger partial charge in [0.2, 0.25) is 5.91 Å². The maximum absolute atomic E-state index is 11.8. The number of hydrogen-bond donors (Lipinski definition) is 1. The zero-order valence-electron chi connectivity index (χ0n) is 9.65. The SMILES string of the molecule is CC(N)C(=O)N1CCc2ccc(Cl)cc2C1.Cl. The van der Waals surface area contributed by atoms with Gasteiger partial charge in [-0.25, -0.2) is 0 Å². The summed E-state index contributed by atoms with van der Waals surface area (Å²) in [5.74, 6) is 0.00521. The molecule has 1 heterocycles. The number of nitrogens with two attached hydrogens (primary N) is 1. The van der Waals surface area contributed by atoms with E-state index in [1.807, 2.05) is 18.2 Å². The number of carbonyl (C=O) groups is 1. The van der Waals surface area contributed by atoms with Crippen LogP contribution in [0, 0.1) is 0 Å². The van der Waals surface area contributed by atoms with Crippen LogP contribution in [0.25, 0.3) is 0 Å². The quantitative estimate of drug-likeness (QED) is 0.852. The largest absolute Gasteiger partial charge is 0.337 e. The average molecular weight is 275 g/mol. The van der Waals surface area contributed by atoms with E-state index >= 15 is 0 Å². The second-order valence-corrected chi connectivity index (χ2v) is 4.65. The highest BCUT2D eigenvalue weighted by atomic mass is 35.5. The third kappa shape index (κ3) is 3.12. The topological polar surface area (TPSA) is 46.3 Å². The van der Waals surface area contributed by atoms with E-state index in [0.29, 0.717) is 11.6 Å². The Morgan fingerprint density at radius 1 is 1.47 bits per heavy atom. The Labute approximate surface area is 112 Å². The Hall–Kier alpha value is -0.770. The van der Waals surface area contributed by atoms with Crippen LogP contribution in [-0.4, -0.2) is 23.4 Å². The summed E-state index contributed by atoms with van der Waals surface area (Å²) >= 11 is 5.94. The van der Waals surface area contributed by atoms with Gasteiger partial charge < -0.3 is 10.6 Å². The Bertz CT molecular complexity index is 421. The molecule has 0 fully saturated rings. The maximum Gasteiger partial charge on any atom is 0.239 e. The Balaban J connectivity index is 0.00000144. The van der Waals surface area contributed by atoms with E-state index in [2.05, 4.69) is 0 Å². The molecule has 0 bridgehead atoms. The fourth-order valence-corrected chi connectivity index (χ4v) is 2.20. The number of nitrogens with zero attached hydrogens (tertiary/aromatic N) is 1. The first-order valence-electron chi connectivity index (χ1n) is 5.39. The van der Waals surface area contributed by atoms with Crippen LogP contribution in [0.5, 0.6) is 0 Å². The molecule has 1 aliphatic rings. The fraction of sp³-hybridized carbons (Fsp3) is 0.417. The van der Waals surface area contributed by atoms with Gasteiger partial charge in [-0.05, 0) is 36.6 Å². The number of amides is 1. The molecule has 0 saturated heterocycles. The molecule has 1 aromatic carbocycles. The second kappa shape index (κ2) is 5.71. The van der Waals surface area contributed by atoms with Crippen LogP contribution in [0.3, 0.4) is 0 Å². The van der Waals surface area contributed by atoms with Gasteiger partial charge in [-0.15, -0.1) is 12.4 Å². The number of halogens is 2. The molecule has 1 amide bonds. The minimum absolute atomic E-state index is 0. The molecule has 1 unspecified atom stereocenters. The van der Waals surface area contributed by atoms with Crippen molar-refractivity contribution in [3.05, 3.63) is 34.3 Å². The first-order chi connectivity index (χ1) is 7.58. The van der Waals surface area contributed by atoms with Crippen molar-refractivity contribution in [2.24, 2.45) is 5.73 Å². The van der Waals surface area contributed by atoms with Crippen LogP contribution in [-0.2, 0) is 17.8 Å². The van der Waals surface area contributed by atoms with Crippen molar-refractivity contribution >= 4 is 29.9 Å². The molecule has 17 heavy (non-hydrogen) atoms. The highest BCUT2D eigenvalue weighted by molar-refractivity contribution is 6.30. The van der Waals surface area contributed by atoms with Gasteiger partial charge in [0.25, 0.3) is 0 Å². The minimum Gasteiger partial charge on any atom is -0.337 e. The van der Waals surface area contributed by atoms with Crippen molar-refractivity contribution in [2.45, 2.75) is 25.9 Å². The lowest BCUT2D eigenvalue weighted by atomic mass is 9.99. The third-order valence-corrected chi connectivity index (χ3v) is 3.12. The molecule has 0 aromatic heterocycles. The lowest BCUT2D eigenvalue weighted by molar-refractivity contribution is -0.133. The van der Waals surface area contributed by atoms with Crippen LogP contribution in [0.15, 0.2) is 18.2 Å². The van der Waals surface area contributed by atoms with Crippen LogP contribution in [0.4, 0.5) is 0 Å². The number of benzene rings is 1.